The quantitative estimate of drug-likeness (QED) is 0.613. The van der Waals surface area contributed by atoms with Crippen molar-refractivity contribution in [1.29, 1.82) is 0 Å². The molecular formula is C12H19N3O2S. The number of piperidine rings is 1. The van der Waals surface area contributed by atoms with Crippen LogP contribution in [0.3, 0.4) is 0 Å². The molecule has 0 amide bonds. The fourth-order valence-electron chi connectivity index (χ4n) is 2.01. The maximum absolute atomic E-state index is 9.61. The van der Waals surface area contributed by atoms with Gasteiger partial charge in [0.25, 0.3) is 0 Å². The predicted molar refractivity (Wildman–Crippen MR) is 70.3 cm³/mol. The van der Waals surface area contributed by atoms with Crippen LogP contribution >= 0.6 is 11.8 Å². The zero-order valence-corrected chi connectivity index (χ0v) is 11.3. The van der Waals surface area contributed by atoms with Gasteiger partial charge in [-0.15, -0.1) is 0 Å². The number of nitrogens with zero attached hydrogens (tertiary/aromatic N) is 3. The first kappa shape index (κ1) is 13.7. The van der Waals surface area contributed by atoms with E-state index in [1.165, 1.54) is 0 Å². The van der Waals surface area contributed by atoms with E-state index in [2.05, 4.69) is 21.8 Å². The highest BCUT2D eigenvalue weighted by Crippen LogP contribution is 2.15. The maximum atomic E-state index is 9.61. The van der Waals surface area contributed by atoms with Crippen LogP contribution in [0.15, 0.2) is 17.6 Å². The molecule has 0 aromatic carbocycles. The number of likely N-dealkylation sites (tertiary alicyclic amines) is 1. The highest BCUT2D eigenvalue weighted by Gasteiger charge is 2.25. The summed E-state index contributed by atoms with van der Waals surface area (Å²) in [5.74, 6) is 0.968. The third-order valence-electron chi connectivity index (χ3n) is 2.99. The van der Waals surface area contributed by atoms with Crippen molar-refractivity contribution in [3.05, 3.63) is 18.0 Å². The standard InChI is InChI=1S/C12H19N3O2S/c1-2-18-12-13-5-9(6-14-12)7-15-4-3-10(16)11(17)8-15/h5-6,10-11,16-17H,2-4,7-8H2,1H3/t10-,11-/m0/s1. The van der Waals surface area contributed by atoms with Gasteiger partial charge in [0.1, 0.15) is 0 Å². The van der Waals surface area contributed by atoms with Crippen molar-refractivity contribution in [1.82, 2.24) is 14.9 Å². The molecule has 0 aliphatic carbocycles. The maximum Gasteiger partial charge on any atom is 0.187 e. The van der Waals surface area contributed by atoms with E-state index >= 15 is 0 Å². The van der Waals surface area contributed by atoms with Gasteiger partial charge in [0.2, 0.25) is 0 Å². The summed E-state index contributed by atoms with van der Waals surface area (Å²) in [4.78, 5) is 10.7. The van der Waals surface area contributed by atoms with Crippen molar-refractivity contribution < 1.29 is 10.2 Å². The lowest BCUT2D eigenvalue weighted by atomic mass is 10.0. The summed E-state index contributed by atoms with van der Waals surface area (Å²) in [7, 11) is 0. The zero-order chi connectivity index (χ0) is 13.0. The van der Waals surface area contributed by atoms with E-state index in [1.54, 1.807) is 11.8 Å². The first-order valence-corrected chi connectivity index (χ1v) is 7.19. The highest BCUT2D eigenvalue weighted by molar-refractivity contribution is 7.99. The van der Waals surface area contributed by atoms with Gasteiger partial charge in [0.15, 0.2) is 5.16 Å². The van der Waals surface area contributed by atoms with E-state index < -0.39 is 12.2 Å². The Balaban J connectivity index is 1.89. The Morgan fingerprint density at radius 1 is 1.33 bits per heavy atom. The molecule has 1 aromatic rings. The van der Waals surface area contributed by atoms with Crippen LogP contribution in [0, 0.1) is 0 Å². The molecule has 0 radical (unpaired) electrons. The fraction of sp³-hybridized carbons (Fsp3) is 0.667. The molecule has 6 heteroatoms. The largest absolute Gasteiger partial charge is 0.390 e. The van der Waals surface area contributed by atoms with Gasteiger partial charge in [-0.3, -0.25) is 4.90 Å². The van der Waals surface area contributed by atoms with Crippen molar-refractivity contribution in [3.63, 3.8) is 0 Å². The van der Waals surface area contributed by atoms with Crippen LogP contribution in [0.1, 0.15) is 18.9 Å². The molecule has 2 heterocycles. The Kier molecular flexibility index (Phi) is 4.94. The molecule has 1 aliphatic rings. The number of β-amino-alcohol motifs (C(OH)–C–C–N with tert-alkyl or cyclic N) is 1. The number of aromatic nitrogens is 2. The van der Waals surface area contributed by atoms with Crippen molar-refractivity contribution in [2.24, 2.45) is 0 Å². The van der Waals surface area contributed by atoms with Crippen LogP contribution in [0.5, 0.6) is 0 Å². The smallest absolute Gasteiger partial charge is 0.187 e. The van der Waals surface area contributed by atoms with Crippen molar-refractivity contribution in [3.8, 4) is 0 Å². The Morgan fingerprint density at radius 3 is 2.67 bits per heavy atom. The molecular weight excluding hydrogens is 250 g/mol. The minimum atomic E-state index is -0.644. The summed E-state index contributed by atoms with van der Waals surface area (Å²) in [6, 6.07) is 0. The Bertz CT molecular complexity index is 374. The molecule has 0 unspecified atom stereocenters. The van der Waals surface area contributed by atoms with Crippen molar-refractivity contribution >= 4 is 11.8 Å². The van der Waals surface area contributed by atoms with Crippen LogP contribution < -0.4 is 0 Å². The number of aliphatic hydroxyl groups is 2. The highest BCUT2D eigenvalue weighted by atomic mass is 32.2. The van der Waals surface area contributed by atoms with E-state index in [4.69, 9.17) is 0 Å². The first-order valence-electron chi connectivity index (χ1n) is 6.21. The van der Waals surface area contributed by atoms with Crippen LogP contribution in [0.25, 0.3) is 0 Å². The van der Waals surface area contributed by atoms with Gasteiger partial charge in [-0.05, 0) is 12.2 Å². The molecule has 100 valence electrons. The van der Waals surface area contributed by atoms with E-state index in [1.807, 2.05) is 12.4 Å². The Morgan fingerprint density at radius 2 is 2.06 bits per heavy atom. The molecule has 1 saturated heterocycles. The summed E-state index contributed by atoms with van der Waals surface area (Å²) < 4.78 is 0. The van der Waals surface area contributed by atoms with Gasteiger partial charge in [-0.25, -0.2) is 9.97 Å². The van der Waals surface area contributed by atoms with Gasteiger partial charge in [-0.1, -0.05) is 18.7 Å². The average molecular weight is 269 g/mol. The van der Waals surface area contributed by atoms with Crippen molar-refractivity contribution in [2.45, 2.75) is 37.3 Å². The molecule has 5 nitrogen and oxygen atoms in total. The van der Waals surface area contributed by atoms with Crippen LogP contribution in [-0.2, 0) is 6.54 Å². The van der Waals surface area contributed by atoms with Gasteiger partial charge in [-0.2, -0.15) is 0 Å². The number of hydrogen-bond donors (Lipinski definition) is 2. The number of thioether (sulfide) groups is 1. The van der Waals surface area contributed by atoms with Crippen molar-refractivity contribution in [2.75, 3.05) is 18.8 Å². The lowest BCUT2D eigenvalue weighted by molar-refractivity contribution is -0.0404. The van der Waals surface area contributed by atoms with E-state index in [-0.39, 0.29) is 0 Å². The molecule has 1 fully saturated rings. The van der Waals surface area contributed by atoms with Crippen LogP contribution in [0.4, 0.5) is 0 Å². The molecule has 0 spiro atoms. The Hall–Kier alpha value is -0.690. The second kappa shape index (κ2) is 6.47. The second-order valence-electron chi connectivity index (χ2n) is 4.47. The first-order chi connectivity index (χ1) is 8.69. The average Bonchev–Trinajstić information content (AvgIpc) is 2.37. The normalized spacial score (nSPS) is 25.3. The molecule has 2 atom stereocenters. The number of aliphatic hydroxyl groups excluding tert-OH is 2. The van der Waals surface area contributed by atoms with Crippen LogP contribution in [0.2, 0.25) is 0 Å². The lowest BCUT2D eigenvalue weighted by Crippen LogP contribution is -2.46. The van der Waals surface area contributed by atoms with Gasteiger partial charge >= 0.3 is 0 Å². The zero-order valence-electron chi connectivity index (χ0n) is 10.5. The van der Waals surface area contributed by atoms with Gasteiger partial charge in [0, 0.05) is 37.6 Å². The minimum absolute atomic E-state index is 0.507. The molecule has 0 saturated carbocycles. The summed E-state index contributed by atoms with van der Waals surface area (Å²) >= 11 is 1.62. The molecule has 1 aliphatic heterocycles. The topological polar surface area (TPSA) is 69.5 Å². The molecule has 2 N–H and O–H groups in total. The third kappa shape index (κ3) is 3.65. The van der Waals surface area contributed by atoms with E-state index in [9.17, 15) is 10.2 Å². The second-order valence-corrected chi connectivity index (χ2v) is 5.70. The van der Waals surface area contributed by atoms with E-state index in [0.29, 0.717) is 13.0 Å². The minimum Gasteiger partial charge on any atom is -0.390 e. The third-order valence-corrected chi connectivity index (χ3v) is 3.75. The van der Waals surface area contributed by atoms with Gasteiger partial charge in [0.05, 0.1) is 12.2 Å². The molecule has 0 bridgehead atoms. The predicted octanol–water partition coefficient (Wildman–Crippen LogP) is 0.516. The van der Waals surface area contributed by atoms with Gasteiger partial charge < -0.3 is 10.2 Å². The lowest BCUT2D eigenvalue weighted by Gasteiger charge is -2.33. The summed E-state index contributed by atoms with van der Waals surface area (Å²) in [6.45, 7) is 4.10. The number of hydrogen-bond acceptors (Lipinski definition) is 6. The SMILES string of the molecule is CCSc1ncc(CN2CC[C@H](O)[C@@H](O)C2)cn1. The molecule has 18 heavy (non-hydrogen) atoms. The number of rotatable bonds is 4. The van der Waals surface area contributed by atoms with E-state index in [0.717, 1.165) is 29.6 Å². The molecule has 1 aromatic heterocycles. The van der Waals surface area contributed by atoms with Crippen LogP contribution in [-0.4, -0.2) is 56.1 Å². The monoisotopic (exact) mass is 269 g/mol. The summed E-state index contributed by atoms with van der Waals surface area (Å²) in [5.41, 5.74) is 1.04. The fourth-order valence-corrected chi connectivity index (χ4v) is 2.53. The Labute approximate surface area is 111 Å². The molecule has 2 rings (SSSR count). The summed E-state index contributed by atoms with van der Waals surface area (Å²) in [6.07, 6.45) is 3.06. The summed E-state index contributed by atoms with van der Waals surface area (Å²) in [5, 5.41) is 19.9.